The molecule has 1 aromatic carbocycles. The normalized spacial score (nSPS) is 11.1. The maximum Gasteiger partial charge on any atom is 0.119 e. The van der Waals surface area contributed by atoms with Gasteiger partial charge in [0, 0.05) is 13.0 Å². The molecular formula is C16H23N3O2. The molecule has 1 heterocycles. The quantitative estimate of drug-likeness (QED) is 0.796. The van der Waals surface area contributed by atoms with E-state index < -0.39 is 0 Å². The highest BCUT2D eigenvalue weighted by Gasteiger charge is 2.14. The first kappa shape index (κ1) is 15.5. The van der Waals surface area contributed by atoms with Crippen molar-refractivity contribution in [2.45, 2.75) is 46.3 Å². The van der Waals surface area contributed by atoms with Crippen molar-refractivity contribution in [1.29, 1.82) is 0 Å². The Balaban J connectivity index is 1.86. The lowest BCUT2D eigenvalue weighted by atomic mass is 10.1. The molecule has 0 radical (unpaired) electrons. The maximum absolute atomic E-state index is 9.28. The fourth-order valence-electron chi connectivity index (χ4n) is 2.30. The summed E-state index contributed by atoms with van der Waals surface area (Å²) >= 11 is 0. The number of rotatable bonds is 7. The molecule has 21 heavy (non-hydrogen) atoms. The Morgan fingerprint density at radius 2 is 1.95 bits per heavy atom. The molecule has 1 aromatic heterocycles. The van der Waals surface area contributed by atoms with Gasteiger partial charge in [-0.25, -0.2) is 4.68 Å². The van der Waals surface area contributed by atoms with E-state index in [1.165, 1.54) is 5.56 Å². The largest absolute Gasteiger partial charge is 0.494 e. The first-order chi connectivity index (χ1) is 10.1. The van der Waals surface area contributed by atoms with E-state index >= 15 is 0 Å². The van der Waals surface area contributed by atoms with Gasteiger partial charge in [-0.15, -0.1) is 5.10 Å². The summed E-state index contributed by atoms with van der Waals surface area (Å²) in [7, 11) is 0. The van der Waals surface area contributed by atoms with Gasteiger partial charge in [0.25, 0.3) is 0 Å². The van der Waals surface area contributed by atoms with Gasteiger partial charge in [-0.1, -0.05) is 36.8 Å². The molecule has 5 heteroatoms. The van der Waals surface area contributed by atoms with Gasteiger partial charge in [-0.3, -0.25) is 0 Å². The Hall–Kier alpha value is -1.88. The smallest absolute Gasteiger partial charge is 0.119 e. The minimum atomic E-state index is -0.0621. The summed E-state index contributed by atoms with van der Waals surface area (Å²) in [4.78, 5) is 0. The van der Waals surface area contributed by atoms with Crippen LogP contribution in [0.5, 0.6) is 5.75 Å². The van der Waals surface area contributed by atoms with Gasteiger partial charge in [-0.2, -0.15) is 0 Å². The van der Waals surface area contributed by atoms with Crippen LogP contribution in [0.1, 0.15) is 43.1 Å². The number of benzene rings is 1. The molecule has 2 rings (SSSR count). The molecule has 0 bridgehead atoms. The van der Waals surface area contributed by atoms with Crippen LogP contribution in [0.3, 0.4) is 0 Å². The monoisotopic (exact) mass is 289 g/mol. The second kappa shape index (κ2) is 7.22. The third kappa shape index (κ3) is 4.04. The van der Waals surface area contributed by atoms with Crippen LogP contribution in [0.4, 0.5) is 0 Å². The van der Waals surface area contributed by atoms with Crippen molar-refractivity contribution < 1.29 is 9.84 Å². The number of hydrogen-bond donors (Lipinski definition) is 1. The summed E-state index contributed by atoms with van der Waals surface area (Å²) in [6.45, 7) is 7.53. The number of aryl methyl sites for hydroxylation is 2. The number of hydrogen-bond acceptors (Lipinski definition) is 4. The van der Waals surface area contributed by atoms with Gasteiger partial charge in [0.1, 0.15) is 11.4 Å². The predicted molar refractivity (Wildman–Crippen MR) is 81.3 cm³/mol. The molecule has 114 valence electrons. The molecule has 0 saturated heterocycles. The van der Waals surface area contributed by atoms with E-state index in [1.807, 2.05) is 28.9 Å². The molecule has 0 spiro atoms. The summed E-state index contributed by atoms with van der Waals surface area (Å²) < 4.78 is 7.58. The van der Waals surface area contributed by atoms with Crippen molar-refractivity contribution in [3.63, 3.8) is 0 Å². The van der Waals surface area contributed by atoms with E-state index in [2.05, 4.69) is 31.1 Å². The molecule has 5 nitrogen and oxygen atoms in total. The van der Waals surface area contributed by atoms with Crippen molar-refractivity contribution in [1.82, 2.24) is 15.0 Å². The van der Waals surface area contributed by atoms with Gasteiger partial charge in [0.05, 0.1) is 18.9 Å². The highest BCUT2D eigenvalue weighted by atomic mass is 16.5. The third-order valence-corrected chi connectivity index (χ3v) is 3.35. The molecule has 0 aliphatic heterocycles. The SMILES string of the molecule is Cc1ccc(OCCCn2nnc(CO)c2C(C)C)cc1. The first-order valence-corrected chi connectivity index (χ1v) is 7.34. The van der Waals surface area contributed by atoms with Gasteiger partial charge < -0.3 is 9.84 Å². The molecule has 0 aliphatic carbocycles. The standard InChI is InChI=1S/C16H23N3O2/c1-12(2)16-15(11-20)17-18-19(16)9-4-10-21-14-7-5-13(3)6-8-14/h5-8,12,20H,4,9-11H2,1-3H3. The van der Waals surface area contributed by atoms with Crippen LogP contribution in [0.15, 0.2) is 24.3 Å². The van der Waals surface area contributed by atoms with E-state index in [1.54, 1.807) is 0 Å². The Morgan fingerprint density at radius 3 is 2.57 bits per heavy atom. The Bertz CT molecular complexity index is 561. The second-order valence-electron chi connectivity index (χ2n) is 5.47. The molecule has 0 unspecified atom stereocenters. The average molecular weight is 289 g/mol. The van der Waals surface area contributed by atoms with Gasteiger partial charge >= 0.3 is 0 Å². The zero-order chi connectivity index (χ0) is 15.2. The molecule has 0 amide bonds. The van der Waals surface area contributed by atoms with E-state index in [4.69, 9.17) is 4.74 Å². The molecule has 1 N–H and O–H groups in total. The maximum atomic E-state index is 9.28. The highest BCUT2D eigenvalue weighted by molar-refractivity contribution is 5.26. The summed E-state index contributed by atoms with van der Waals surface area (Å²) in [5.74, 6) is 1.18. The lowest BCUT2D eigenvalue weighted by molar-refractivity contribution is 0.274. The van der Waals surface area contributed by atoms with Crippen molar-refractivity contribution in [3.05, 3.63) is 41.2 Å². The fourth-order valence-corrected chi connectivity index (χ4v) is 2.30. The molecule has 0 saturated carbocycles. The minimum Gasteiger partial charge on any atom is -0.494 e. The summed E-state index contributed by atoms with van der Waals surface area (Å²) in [5.41, 5.74) is 2.90. The zero-order valence-electron chi connectivity index (χ0n) is 12.9. The van der Waals surface area contributed by atoms with Crippen LogP contribution in [-0.2, 0) is 13.2 Å². The van der Waals surface area contributed by atoms with Crippen molar-refractivity contribution in [2.24, 2.45) is 0 Å². The molecule has 0 fully saturated rings. The fraction of sp³-hybridized carbons (Fsp3) is 0.500. The number of nitrogens with zero attached hydrogens (tertiary/aromatic N) is 3. The number of ether oxygens (including phenoxy) is 1. The molecule has 2 aromatic rings. The number of aliphatic hydroxyl groups is 1. The molecule has 0 aliphatic rings. The Kier molecular flexibility index (Phi) is 5.33. The lowest BCUT2D eigenvalue weighted by Crippen LogP contribution is -2.10. The predicted octanol–water partition coefficient (Wildman–Crippen LogP) is 2.67. The summed E-state index contributed by atoms with van der Waals surface area (Å²) in [6, 6.07) is 8.04. The summed E-state index contributed by atoms with van der Waals surface area (Å²) in [5, 5.41) is 17.4. The molecular weight excluding hydrogens is 266 g/mol. The third-order valence-electron chi connectivity index (χ3n) is 3.35. The highest BCUT2D eigenvalue weighted by Crippen LogP contribution is 2.18. The van der Waals surface area contributed by atoms with Gasteiger partial charge in [0.2, 0.25) is 0 Å². The topological polar surface area (TPSA) is 60.2 Å². The van der Waals surface area contributed by atoms with Gasteiger partial charge in [0.15, 0.2) is 0 Å². The van der Waals surface area contributed by atoms with Crippen molar-refractivity contribution >= 4 is 0 Å². The van der Waals surface area contributed by atoms with Crippen LogP contribution in [0.2, 0.25) is 0 Å². The summed E-state index contributed by atoms with van der Waals surface area (Å²) in [6.07, 6.45) is 0.849. The van der Waals surface area contributed by atoms with Crippen LogP contribution < -0.4 is 4.74 Å². The van der Waals surface area contributed by atoms with Crippen LogP contribution in [-0.4, -0.2) is 26.7 Å². The number of aromatic nitrogens is 3. The number of aliphatic hydroxyl groups excluding tert-OH is 1. The molecule has 0 atom stereocenters. The minimum absolute atomic E-state index is 0.0621. The van der Waals surface area contributed by atoms with Crippen LogP contribution in [0, 0.1) is 6.92 Å². The second-order valence-corrected chi connectivity index (χ2v) is 5.47. The van der Waals surface area contributed by atoms with Gasteiger partial charge in [-0.05, 0) is 25.0 Å². The van der Waals surface area contributed by atoms with Crippen LogP contribution >= 0.6 is 0 Å². The lowest BCUT2D eigenvalue weighted by Gasteiger charge is -2.11. The average Bonchev–Trinajstić information content (AvgIpc) is 2.88. The van der Waals surface area contributed by atoms with Crippen molar-refractivity contribution in [3.8, 4) is 5.75 Å². The Morgan fingerprint density at radius 1 is 1.24 bits per heavy atom. The Labute approximate surface area is 125 Å². The first-order valence-electron chi connectivity index (χ1n) is 7.34. The van der Waals surface area contributed by atoms with E-state index in [0.29, 0.717) is 18.2 Å². The van der Waals surface area contributed by atoms with Crippen LogP contribution in [0.25, 0.3) is 0 Å². The van der Waals surface area contributed by atoms with E-state index in [9.17, 15) is 5.11 Å². The van der Waals surface area contributed by atoms with Crippen molar-refractivity contribution in [2.75, 3.05) is 6.61 Å². The zero-order valence-corrected chi connectivity index (χ0v) is 12.9. The van der Waals surface area contributed by atoms with E-state index in [0.717, 1.165) is 24.4 Å². The van der Waals surface area contributed by atoms with E-state index in [-0.39, 0.29) is 6.61 Å².